The van der Waals surface area contributed by atoms with Gasteiger partial charge in [-0.15, -0.1) is 0 Å². The van der Waals surface area contributed by atoms with Crippen molar-refractivity contribution in [1.82, 2.24) is 4.90 Å². The van der Waals surface area contributed by atoms with Crippen LogP contribution in [0.3, 0.4) is 0 Å². The third kappa shape index (κ3) is 5.09. The maximum absolute atomic E-state index is 15.1. The Hall–Kier alpha value is -3.52. The second kappa shape index (κ2) is 12.5. The van der Waals surface area contributed by atoms with Gasteiger partial charge in [0.1, 0.15) is 11.6 Å². The van der Waals surface area contributed by atoms with Crippen LogP contribution in [0.5, 0.6) is 5.75 Å². The van der Waals surface area contributed by atoms with Crippen molar-refractivity contribution in [3.8, 4) is 5.75 Å². The monoisotopic (exact) mass is 725 g/mol. The van der Waals surface area contributed by atoms with Crippen molar-refractivity contribution in [3.05, 3.63) is 101 Å². The van der Waals surface area contributed by atoms with Gasteiger partial charge in [0.2, 0.25) is 0 Å². The van der Waals surface area contributed by atoms with E-state index in [2.05, 4.69) is 32.1 Å². The zero-order chi connectivity index (χ0) is 36.7. The normalized spacial score (nSPS) is 35.8. The van der Waals surface area contributed by atoms with E-state index in [0.29, 0.717) is 50.0 Å². The van der Waals surface area contributed by atoms with E-state index in [0.717, 1.165) is 30.0 Å². The summed E-state index contributed by atoms with van der Waals surface area (Å²) in [7, 11) is 0. The van der Waals surface area contributed by atoms with Crippen molar-refractivity contribution < 1.29 is 28.9 Å². The highest BCUT2D eigenvalue weighted by Crippen LogP contribution is 2.78. The van der Waals surface area contributed by atoms with Crippen LogP contribution >= 0.6 is 11.6 Å². The lowest BCUT2D eigenvalue weighted by Gasteiger charge is -2.71. The van der Waals surface area contributed by atoms with Crippen molar-refractivity contribution >= 4 is 34.2 Å². The summed E-state index contributed by atoms with van der Waals surface area (Å²) in [6.07, 6.45) is 11.0. The number of nitrogens with zero attached hydrogens (tertiary/aromatic N) is 1. The Morgan fingerprint density at radius 1 is 0.942 bits per heavy atom. The highest BCUT2D eigenvalue weighted by molar-refractivity contribution is 6.31. The van der Waals surface area contributed by atoms with Gasteiger partial charge in [-0.3, -0.25) is 4.79 Å². The van der Waals surface area contributed by atoms with E-state index < -0.39 is 39.9 Å². The van der Waals surface area contributed by atoms with Crippen molar-refractivity contribution in [2.24, 2.45) is 33.5 Å². The highest BCUT2D eigenvalue weighted by atomic mass is 35.5. The first kappa shape index (κ1) is 35.5. The van der Waals surface area contributed by atoms with Gasteiger partial charge in [-0.25, -0.2) is 9.18 Å². The van der Waals surface area contributed by atoms with Crippen LogP contribution in [0.1, 0.15) is 77.7 Å². The van der Waals surface area contributed by atoms with Gasteiger partial charge < -0.3 is 19.8 Å². The Labute approximate surface area is 310 Å². The molecule has 8 atom stereocenters. The third-order valence-corrected chi connectivity index (χ3v) is 14.9. The molecule has 1 unspecified atom stereocenters. The first-order valence-corrected chi connectivity index (χ1v) is 19.4. The lowest BCUT2D eigenvalue weighted by Crippen LogP contribution is -2.67. The van der Waals surface area contributed by atoms with Gasteiger partial charge in [0.25, 0.3) is 0 Å². The minimum atomic E-state index is -1.23. The first-order chi connectivity index (χ1) is 24.8. The number of hydrogen-bond acceptors (Lipinski definition) is 5. The number of halogens is 2. The molecule has 0 aromatic heterocycles. The van der Waals surface area contributed by atoms with Crippen LogP contribution in [0, 0.1) is 39.3 Å². The summed E-state index contributed by atoms with van der Waals surface area (Å²) >= 11 is 6.47. The van der Waals surface area contributed by atoms with E-state index in [4.69, 9.17) is 16.3 Å². The van der Waals surface area contributed by atoms with Crippen molar-refractivity contribution in [2.75, 3.05) is 13.1 Å². The van der Waals surface area contributed by atoms with Gasteiger partial charge in [-0.2, -0.15) is 0 Å². The number of allylic oxidation sites excluding steroid dienone is 4. The van der Waals surface area contributed by atoms with Gasteiger partial charge in [0.15, 0.2) is 5.78 Å². The topological polar surface area (TPSA) is 87.1 Å². The van der Waals surface area contributed by atoms with E-state index in [1.54, 1.807) is 23.1 Å². The molecule has 0 heterocycles. The molecule has 2 bridgehead atoms. The van der Waals surface area contributed by atoms with E-state index >= 15 is 4.39 Å². The number of fused-ring (bicyclic) bond motifs is 2. The zero-order valence-electron chi connectivity index (χ0n) is 30.3. The second-order valence-corrected chi connectivity index (χ2v) is 17.3. The number of benzene rings is 3. The molecule has 6 aliphatic rings. The van der Waals surface area contributed by atoms with E-state index in [1.165, 1.54) is 6.07 Å². The van der Waals surface area contributed by atoms with E-state index in [9.17, 15) is 19.8 Å². The molecular weight excluding hydrogens is 677 g/mol. The predicted octanol–water partition coefficient (Wildman–Crippen LogP) is 9.25. The minimum absolute atomic E-state index is 0.0996. The van der Waals surface area contributed by atoms with Crippen molar-refractivity contribution in [3.63, 3.8) is 0 Å². The number of ether oxygens (including phenoxy) is 1. The number of aliphatic hydroxyl groups excluding tert-OH is 1. The fourth-order valence-corrected chi connectivity index (χ4v) is 12.1. The molecule has 0 aliphatic heterocycles. The molecule has 9 rings (SSSR count). The molecular formula is C44H49ClFNO5. The number of carbonyl (C=O) groups is 2. The molecule has 6 nitrogen and oxygen atoms in total. The number of amides is 1. The molecule has 274 valence electrons. The molecule has 52 heavy (non-hydrogen) atoms. The molecule has 3 fully saturated rings. The Bertz CT molecular complexity index is 1990. The molecule has 0 saturated heterocycles. The summed E-state index contributed by atoms with van der Waals surface area (Å²) in [4.78, 5) is 30.2. The highest BCUT2D eigenvalue weighted by Gasteiger charge is 2.74. The van der Waals surface area contributed by atoms with Crippen LogP contribution in [0.2, 0.25) is 5.02 Å². The molecule has 8 heteroatoms. The molecule has 3 aromatic rings. The largest absolute Gasteiger partial charge is 0.415 e. The zero-order valence-corrected chi connectivity index (χ0v) is 31.1. The Kier molecular flexibility index (Phi) is 8.56. The van der Waals surface area contributed by atoms with Crippen LogP contribution in [0.4, 0.5) is 9.18 Å². The summed E-state index contributed by atoms with van der Waals surface area (Å²) in [6.45, 7) is 7.05. The number of Topliss-reactive ketones (excluding diaryl/α,β-unsaturated/α-hetero) is 1. The molecule has 3 saturated carbocycles. The molecule has 2 N–H and O–H groups in total. The first-order valence-electron chi connectivity index (χ1n) is 19.0. The number of carbonyl (C=O) groups excluding carboxylic acids is 2. The Morgan fingerprint density at radius 3 is 2.44 bits per heavy atom. The standard InChI is InChI=1S/C44H49ClFNO5/c1-4-22-47(39(50)52-31-13-12-28-8-5-6-9-29(28)23-31)27-43(51)19-16-38-41(43,3)18-15-37-40(2)17-14-30(48)25-42(40)20-21-44(37,38)33(26-42)36(49)24-32-34(45)10-7-11-35(32)46/h5-13,20-21,23,26,30,37-38,48,51H,4,14-19,22,24-25,27H2,1-3H3/t30?,37-,38-,40-,41+,42+,43-,44-/m1/s1. The SMILES string of the molecule is CCCN(C[C@]1(O)CC[C@H]2[C@]34C=C[C@@]5(C=C3C(=O)Cc3c(F)cccc3Cl)CC(O)CC[C@]5(C)[C@H]4CC[C@@]21C)C(=O)Oc1ccc2ccccc2c1. The minimum Gasteiger partial charge on any atom is -0.410 e. The molecule has 6 aliphatic carbocycles. The average molecular weight is 726 g/mol. The van der Waals surface area contributed by atoms with Gasteiger partial charge >= 0.3 is 6.09 Å². The molecule has 3 aromatic carbocycles. The van der Waals surface area contributed by atoms with Gasteiger partial charge in [-0.05, 0) is 104 Å². The maximum atomic E-state index is 15.1. The number of hydrogen-bond donors (Lipinski definition) is 2. The summed E-state index contributed by atoms with van der Waals surface area (Å²) < 4.78 is 21.1. The Morgan fingerprint density at radius 2 is 1.67 bits per heavy atom. The van der Waals surface area contributed by atoms with Crippen LogP contribution in [0.25, 0.3) is 10.8 Å². The molecule has 2 spiro atoms. The second-order valence-electron chi connectivity index (χ2n) is 16.9. The summed E-state index contributed by atoms with van der Waals surface area (Å²) in [5.41, 5.74) is -2.38. The van der Waals surface area contributed by atoms with E-state index in [1.807, 2.05) is 43.3 Å². The van der Waals surface area contributed by atoms with Crippen LogP contribution in [-0.4, -0.2) is 51.8 Å². The fourth-order valence-electron chi connectivity index (χ4n) is 11.8. The smallest absolute Gasteiger partial charge is 0.410 e. The van der Waals surface area contributed by atoms with Gasteiger partial charge in [0, 0.05) is 45.4 Å². The van der Waals surface area contributed by atoms with Gasteiger partial charge in [0.05, 0.1) is 18.2 Å². The maximum Gasteiger partial charge on any atom is 0.415 e. The Balaban J connectivity index is 1.15. The quantitative estimate of drug-likeness (QED) is 0.226. The fraction of sp³-hybridized carbons (Fsp3) is 0.500. The molecule has 1 amide bonds. The number of rotatable bonds is 8. The van der Waals surface area contributed by atoms with Crippen molar-refractivity contribution in [2.45, 2.75) is 90.3 Å². The lowest BCUT2D eigenvalue weighted by atomic mass is 9.32. The van der Waals surface area contributed by atoms with Crippen LogP contribution in [0.15, 0.2) is 84.5 Å². The lowest BCUT2D eigenvalue weighted by molar-refractivity contribution is -0.178. The van der Waals surface area contributed by atoms with Crippen LogP contribution in [-0.2, 0) is 11.2 Å². The van der Waals surface area contributed by atoms with Crippen molar-refractivity contribution in [1.29, 1.82) is 0 Å². The van der Waals surface area contributed by atoms with Gasteiger partial charge in [-0.1, -0.05) is 87.0 Å². The summed E-state index contributed by atoms with van der Waals surface area (Å²) in [6, 6.07) is 18.0. The molecule has 0 radical (unpaired) electrons. The van der Waals surface area contributed by atoms with E-state index in [-0.39, 0.29) is 46.6 Å². The predicted molar refractivity (Wildman–Crippen MR) is 201 cm³/mol. The summed E-state index contributed by atoms with van der Waals surface area (Å²) in [5, 5.41) is 26.1. The summed E-state index contributed by atoms with van der Waals surface area (Å²) in [5.74, 6) is -0.206. The van der Waals surface area contributed by atoms with Crippen LogP contribution < -0.4 is 4.74 Å². The number of ketones is 1. The average Bonchev–Trinajstić information content (AvgIpc) is 3.39. The third-order valence-electron chi connectivity index (χ3n) is 14.5. The number of aliphatic hydroxyl groups is 2.